The highest BCUT2D eigenvalue weighted by atomic mass is 16.2. The quantitative estimate of drug-likeness (QED) is 0.643. The molecule has 0 aliphatic rings. The Morgan fingerprint density at radius 2 is 1.93 bits per heavy atom. The van der Waals surface area contributed by atoms with E-state index in [4.69, 9.17) is 5.11 Å². The third-order valence-electron chi connectivity index (χ3n) is 2.23. The van der Waals surface area contributed by atoms with Gasteiger partial charge in [0.15, 0.2) is 0 Å². The Balaban J connectivity index is 2.07. The van der Waals surface area contributed by atoms with Crippen molar-refractivity contribution in [1.29, 1.82) is 0 Å². The average Bonchev–Trinajstić information content (AvgIpc) is 2.29. The molecule has 0 saturated heterocycles. The molecule has 3 N–H and O–H groups in total. The minimum atomic E-state index is 0.313. The molecular weight excluding hydrogens is 186 g/mol. The highest BCUT2D eigenvalue weighted by Crippen LogP contribution is 1.99. The maximum atomic E-state index is 8.59. The highest BCUT2D eigenvalue weighted by molar-refractivity contribution is 5.48. The number of aliphatic hydroxyl groups excluding tert-OH is 1. The van der Waals surface area contributed by atoms with Crippen LogP contribution in [0.1, 0.15) is 18.4 Å². The molecule has 15 heavy (non-hydrogen) atoms. The summed E-state index contributed by atoms with van der Waals surface area (Å²) in [7, 11) is 0. The molecule has 0 unspecified atom stereocenters. The molecule has 0 fully saturated rings. The second kappa shape index (κ2) is 8.21. The van der Waals surface area contributed by atoms with Crippen molar-refractivity contribution in [2.45, 2.75) is 12.8 Å². The number of aliphatic hydroxyl groups is 1. The molecule has 0 spiro atoms. The topological polar surface area (TPSA) is 36.8 Å². The summed E-state index contributed by atoms with van der Waals surface area (Å²) in [6, 6.07) is 10.3. The molecule has 82 valence electrons. The number of rotatable bonds is 7. The zero-order chi connectivity index (χ0) is 10.8. The predicted molar refractivity (Wildman–Crippen MR) is 63.5 cm³/mol. The van der Waals surface area contributed by atoms with Gasteiger partial charge in [-0.2, -0.15) is 0 Å². The molecule has 1 rings (SSSR count). The molecule has 0 aromatic heterocycles. The number of benzene rings is 1. The summed E-state index contributed by atoms with van der Waals surface area (Å²) in [6.07, 6.45) is 6.32. The van der Waals surface area contributed by atoms with Crippen LogP contribution in [0, 0.1) is 0 Å². The lowest BCUT2D eigenvalue weighted by atomic mass is 10.2. The Bertz CT molecular complexity index is 269. The number of quaternary nitrogens is 1. The molecule has 1 aromatic carbocycles. The molecule has 0 saturated carbocycles. The lowest BCUT2D eigenvalue weighted by Gasteiger charge is -1.96. The maximum absolute atomic E-state index is 8.59. The van der Waals surface area contributed by atoms with Crippen LogP contribution in [0.5, 0.6) is 0 Å². The molecular formula is C13H20NO+. The first kappa shape index (κ1) is 12.0. The van der Waals surface area contributed by atoms with E-state index in [0.29, 0.717) is 6.61 Å². The standard InChI is InChI=1S/C13H19NO/c15-12-5-4-10-14-11-6-9-13-7-2-1-3-8-13/h1-3,6-9,14-15H,4-5,10-12H2/p+1/b9-6+. The van der Waals surface area contributed by atoms with Crippen molar-refractivity contribution in [3.8, 4) is 0 Å². The van der Waals surface area contributed by atoms with Gasteiger partial charge in [-0.1, -0.05) is 36.4 Å². The van der Waals surface area contributed by atoms with Crippen LogP contribution in [0.15, 0.2) is 36.4 Å². The van der Waals surface area contributed by atoms with Crippen LogP contribution >= 0.6 is 0 Å². The van der Waals surface area contributed by atoms with Gasteiger partial charge in [-0.05, 0) is 24.5 Å². The first-order valence-corrected chi connectivity index (χ1v) is 5.57. The molecule has 0 bridgehead atoms. The summed E-state index contributed by atoms with van der Waals surface area (Å²) in [4.78, 5) is 0. The van der Waals surface area contributed by atoms with E-state index in [-0.39, 0.29) is 0 Å². The van der Waals surface area contributed by atoms with Crippen LogP contribution in [0.4, 0.5) is 0 Å². The molecule has 0 radical (unpaired) electrons. The van der Waals surface area contributed by atoms with Gasteiger partial charge in [0, 0.05) is 6.61 Å². The number of hydrogen-bond acceptors (Lipinski definition) is 1. The van der Waals surface area contributed by atoms with Crippen LogP contribution in [0.3, 0.4) is 0 Å². The normalized spacial score (nSPS) is 11.0. The summed E-state index contributed by atoms with van der Waals surface area (Å²) in [5.41, 5.74) is 1.25. The van der Waals surface area contributed by atoms with E-state index in [0.717, 1.165) is 25.9 Å². The molecule has 2 heteroatoms. The number of unbranched alkanes of at least 4 members (excludes halogenated alkanes) is 1. The SMILES string of the molecule is OCCCC[NH2+]C/C=C/c1ccccc1. The lowest BCUT2D eigenvalue weighted by Crippen LogP contribution is -2.83. The minimum Gasteiger partial charge on any atom is -0.396 e. The third kappa shape index (κ3) is 6.05. The first-order chi connectivity index (χ1) is 7.43. The van der Waals surface area contributed by atoms with Gasteiger partial charge in [-0.3, -0.25) is 0 Å². The molecule has 0 atom stereocenters. The van der Waals surface area contributed by atoms with E-state index in [1.54, 1.807) is 0 Å². The molecule has 0 heterocycles. The summed E-state index contributed by atoms with van der Waals surface area (Å²) in [6.45, 7) is 2.42. The van der Waals surface area contributed by atoms with Gasteiger partial charge < -0.3 is 10.4 Å². The van der Waals surface area contributed by atoms with Crippen LogP contribution in [0.25, 0.3) is 6.08 Å². The fourth-order valence-electron chi connectivity index (χ4n) is 1.38. The predicted octanol–water partition coefficient (Wildman–Crippen LogP) is 1.04. The van der Waals surface area contributed by atoms with Crippen molar-refractivity contribution in [3.05, 3.63) is 42.0 Å². The van der Waals surface area contributed by atoms with Gasteiger partial charge in [0.05, 0.1) is 13.1 Å². The van der Waals surface area contributed by atoms with Crippen molar-refractivity contribution >= 4 is 6.08 Å². The zero-order valence-electron chi connectivity index (χ0n) is 9.10. The zero-order valence-corrected chi connectivity index (χ0v) is 9.10. The fourth-order valence-corrected chi connectivity index (χ4v) is 1.38. The van der Waals surface area contributed by atoms with Gasteiger partial charge in [-0.25, -0.2) is 0 Å². The van der Waals surface area contributed by atoms with Crippen LogP contribution in [0.2, 0.25) is 0 Å². The summed E-state index contributed by atoms with van der Waals surface area (Å²) in [5, 5.41) is 10.8. The maximum Gasteiger partial charge on any atom is 0.0945 e. The third-order valence-corrected chi connectivity index (χ3v) is 2.23. The Morgan fingerprint density at radius 1 is 1.13 bits per heavy atom. The Labute approximate surface area is 91.6 Å². The summed E-state index contributed by atoms with van der Waals surface area (Å²) < 4.78 is 0. The number of nitrogens with two attached hydrogens (primary N) is 1. The van der Waals surface area contributed by atoms with E-state index in [1.165, 1.54) is 5.56 Å². The van der Waals surface area contributed by atoms with Gasteiger partial charge >= 0.3 is 0 Å². The number of hydrogen-bond donors (Lipinski definition) is 2. The van der Waals surface area contributed by atoms with Crippen LogP contribution < -0.4 is 5.32 Å². The Hall–Kier alpha value is -1.12. The lowest BCUT2D eigenvalue weighted by molar-refractivity contribution is -0.646. The minimum absolute atomic E-state index is 0.313. The second-order valence-electron chi connectivity index (χ2n) is 3.56. The van der Waals surface area contributed by atoms with Crippen molar-refractivity contribution < 1.29 is 10.4 Å². The van der Waals surface area contributed by atoms with Crippen molar-refractivity contribution in [2.24, 2.45) is 0 Å². The van der Waals surface area contributed by atoms with Gasteiger partial charge in [0.1, 0.15) is 0 Å². The average molecular weight is 206 g/mol. The van der Waals surface area contributed by atoms with E-state index in [1.807, 2.05) is 18.2 Å². The summed E-state index contributed by atoms with van der Waals surface area (Å²) in [5.74, 6) is 0. The van der Waals surface area contributed by atoms with Crippen molar-refractivity contribution in [1.82, 2.24) is 0 Å². The van der Waals surface area contributed by atoms with Crippen molar-refractivity contribution in [3.63, 3.8) is 0 Å². The van der Waals surface area contributed by atoms with Gasteiger partial charge in [-0.15, -0.1) is 0 Å². The van der Waals surface area contributed by atoms with Gasteiger partial charge in [0.25, 0.3) is 0 Å². The molecule has 0 aliphatic heterocycles. The monoisotopic (exact) mass is 206 g/mol. The Kier molecular flexibility index (Phi) is 6.54. The Morgan fingerprint density at radius 3 is 2.67 bits per heavy atom. The molecule has 2 nitrogen and oxygen atoms in total. The smallest absolute Gasteiger partial charge is 0.0945 e. The second-order valence-corrected chi connectivity index (χ2v) is 3.56. The van der Waals surface area contributed by atoms with E-state index in [9.17, 15) is 0 Å². The highest BCUT2D eigenvalue weighted by Gasteiger charge is 1.88. The van der Waals surface area contributed by atoms with E-state index in [2.05, 4.69) is 29.6 Å². The first-order valence-electron chi connectivity index (χ1n) is 5.57. The van der Waals surface area contributed by atoms with Crippen LogP contribution in [-0.2, 0) is 0 Å². The summed E-state index contributed by atoms with van der Waals surface area (Å²) >= 11 is 0. The molecule has 0 aliphatic carbocycles. The van der Waals surface area contributed by atoms with Crippen molar-refractivity contribution in [2.75, 3.05) is 19.7 Å². The largest absolute Gasteiger partial charge is 0.396 e. The fraction of sp³-hybridized carbons (Fsp3) is 0.385. The molecule has 1 aromatic rings. The molecule has 0 amide bonds. The van der Waals surface area contributed by atoms with E-state index < -0.39 is 0 Å². The van der Waals surface area contributed by atoms with E-state index >= 15 is 0 Å². The van der Waals surface area contributed by atoms with Gasteiger partial charge in [0.2, 0.25) is 0 Å². The van der Waals surface area contributed by atoms with Crippen LogP contribution in [-0.4, -0.2) is 24.8 Å².